The molecule has 2 unspecified atom stereocenters. The molecule has 0 aliphatic carbocycles. The van der Waals surface area contributed by atoms with E-state index in [1.165, 1.54) is 0 Å². The first-order valence-corrected chi connectivity index (χ1v) is 8.13. The fraction of sp³-hybridized carbons (Fsp3) is 0.867. The lowest BCUT2D eigenvalue weighted by molar-refractivity contribution is -0.128. The lowest BCUT2D eigenvalue weighted by Gasteiger charge is -2.25. The third-order valence-electron chi connectivity index (χ3n) is 3.93. The van der Waals surface area contributed by atoms with E-state index in [9.17, 15) is 9.59 Å². The van der Waals surface area contributed by atoms with E-state index in [1.54, 1.807) is 4.90 Å². The summed E-state index contributed by atoms with van der Waals surface area (Å²) in [6, 6.07) is 0. The van der Waals surface area contributed by atoms with E-state index in [2.05, 4.69) is 0 Å². The molecule has 0 spiro atoms. The van der Waals surface area contributed by atoms with Crippen molar-refractivity contribution < 1.29 is 14.3 Å². The van der Waals surface area contributed by atoms with Gasteiger partial charge in [0.25, 0.3) is 0 Å². The number of alkyl halides is 1. The molecule has 2 amide bonds. The molecule has 2 aliphatic heterocycles. The maximum absolute atomic E-state index is 12.0. The first-order valence-electron chi connectivity index (χ1n) is 7.60. The van der Waals surface area contributed by atoms with Gasteiger partial charge in [-0.15, -0.1) is 11.6 Å². The van der Waals surface area contributed by atoms with Crippen LogP contribution in [0.3, 0.4) is 0 Å². The van der Waals surface area contributed by atoms with E-state index in [1.807, 2.05) is 25.7 Å². The highest BCUT2D eigenvalue weighted by molar-refractivity contribution is 6.18. The molecule has 0 bridgehead atoms. The summed E-state index contributed by atoms with van der Waals surface area (Å²) in [5, 5.41) is 0. The second-order valence-electron chi connectivity index (χ2n) is 7.10. The summed E-state index contributed by atoms with van der Waals surface area (Å²) in [6.07, 6.45) is 1.23. The minimum atomic E-state index is -0.465. The lowest BCUT2D eigenvalue weighted by atomic mass is 10.1. The number of ether oxygens (including phenoxy) is 1. The van der Waals surface area contributed by atoms with Crippen molar-refractivity contribution in [1.82, 2.24) is 9.80 Å². The van der Waals surface area contributed by atoms with Gasteiger partial charge in [-0.05, 0) is 39.0 Å². The number of hydrogen-bond acceptors (Lipinski definition) is 3. The van der Waals surface area contributed by atoms with Crippen molar-refractivity contribution in [1.29, 1.82) is 0 Å². The molecular weight excluding hydrogens is 292 g/mol. The quantitative estimate of drug-likeness (QED) is 0.751. The molecular formula is C15H25ClN2O3. The van der Waals surface area contributed by atoms with Gasteiger partial charge in [-0.1, -0.05) is 0 Å². The predicted octanol–water partition coefficient (Wildman–Crippen LogP) is 2.33. The van der Waals surface area contributed by atoms with Gasteiger partial charge in [0.1, 0.15) is 5.60 Å². The highest BCUT2D eigenvalue weighted by atomic mass is 35.5. The van der Waals surface area contributed by atoms with Crippen molar-refractivity contribution in [2.24, 2.45) is 11.8 Å². The van der Waals surface area contributed by atoms with Gasteiger partial charge < -0.3 is 14.5 Å². The van der Waals surface area contributed by atoms with Crippen molar-refractivity contribution in [3.8, 4) is 0 Å². The van der Waals surface area contributed by atoms with E-state index in [0.717, 1.165) is 19.5 Å². The molecule has 5 nitrogen and oxygen atoms in total. The Kier molecular flexibility index (Phi) is 5.02. The van der Waals surface area contributed by atoms with E-state index in [4.69, 9.17) is 16.3 Å². The molecule has 0 aromatic carbocycles. The Bertz CT molecular complexity index is 408. The fourth-order valence-electron chi connectivity index (χ4n) is 2.92. The highest BCUT2D eigenvalue weighted by Gasteiger charge is 2.34. The maximum atomic E-state index is 12.0. The van der Waals surface area contributed by atoms with Crippen molar-refractivity contribution in [2.75, 3.05) is 32.1 Å². The van der Waals surface area contributed by atoms with Gasteiger partial charge in [-0.3, -0.25) is 4.79 Å². The summed E-state index contributed by atoms with van der Waals surface area (Å²) in [6.45, 7) is 8.47. The van der Waals surface area contributed by atoms with Crippen LogP contribution < -0.4 is 0 Å². The summed E-state index contributed by atoms with van der Waals surface area (Å²) >= 11 is 5.83. The fourth-order valence-corrected chi connectivity index (χ4v) is 3.13. The predicted molar refractivity (Wildman–Crippen MR) is 81.3 cm³/mol. The Morgan fingerprint density at radius 2 is 2.05 bits per heavy atom. The Balaban J connectivity index is 1.80. The van der Waals surface area contributed by atoms with Crippen LogP contribution in [0.15, 0.2) is 0 Å². The van der Waals surface area contributed by atoms with E-state index in [0.29, 0.717) is 31.3 Å². The van der Waals surface area contributed by atoms with Gasteiger partial charge in [-0.25, -0.2) is 4.79 Å². The summed E-state index contributed by atoms with van der Waals surface area (Å²) in [4.78, 5) is 27.6. The van der Waals surface area contributed by atoms with E-state index in [-0.39, 0.29) is 17.9 Å². The molecule has 21 heavy (non-hydrogen) atoms. The molecule has 0 radical (unpaired) electrons. The van der Waals surface area contributed by atoms with E-state index >= 15 is 0 Å². The third-order valence-corrected chi connectivity index (χ3v) is 4.37. The van der Waals surface area contributed by atoms with Crippen LogP contribution in [0.4, 0.5) is 4.79 Å². The number of nitrogens with zero attached hydrogens (tertiary/aromatic N) is 2. The number of hydrogen-bond donors (Lipinski definition) is 0. The Hall–Kier alpha value is -0.970. The van der Waals surface area contributed by atoms with Gasteiger partial charge in [0.2, 0.25) is 5.91 Å². The average Bonchev–Trinajstić information content (AvgIpc) is 2.95. The van der Waals surface area contributed by atoms with Gasteiger partial charge in [0.15, 0.2) is 0 Å². The summed E-state index contributed by atoms with van der Waals surface area (Å²) in [5.41, 5.74) is -0.465. The van der Waals surface area contributed by atoms with Gasteiger partial charge >= 0.3 is 6.09 Å². The Morgan fingerprint density at radius 1 is 1.33 bits per heavy atom. The Labute approximate surface area is 131 Å². The highest BCUT2D eigenvalue weighted by Crippen LogP contribution is 2.24. The van der Waals surface area contributed by atoms with Crippen LogP contribution in [-0.4, -0.2) is 59.5 Å². The molecule has 0 aromatic rings. The monoisotopic (exact) mass is 316 g/mol. The molecule has 2 saturated heterocycles. The number of halogens is 1. The summed E-state index contributed by atoms with van der Waals surface area (Å²) in [7, 11) is 0. The number of carbonyl (C=O) groups is 2. The van der Waals surface area contributed by atoms with Gasteiger partial charge in [0, 0.05) is 38.5 Å². The van der Waals surface area contributed by atoms with Gasteiger partial charge in [-0.2, -0.15) is 0 Å². The standard InChI is InChI=1S/C15H25ClN2O3/c1-15(2,3)21-14(20)17-5-4-11(8-17)9-18-10-12(7-16)6-13(18)19/h11-12H,4-10H2,1-3H3. The number of carbonyl (C=O) groups excluding carboxylic acids is 2. The minimum absolute atomic E-state index is 0.191. The average molecular weight is 317 g/mol. The van der Waals surface area contributed by atoms with Crippen LogP contribution in [0, 0.1) is 11.8 Å². The lowest BCUT2D eigenvalue weighted by Crippen LogP contribution is -2.37. The second-order valence-corrected chi connectivity index (χ2v) is 7.41. The summed E-state index contributed by atoms with van der Waals surface area (Å²) in [5.74, 6) is 1.35. The SMILES string of the molecule is CC(C)(C)OC(=O)N1CCC(CN2CC(CCl)CC2=O)C1. The first-order chi connectivity index (χ1) is 9.78. The molecule has 0 saturated carbocycles. The molecule has 6 heteroatoms. The molecule has 0 N–H and O–H groups in total. The van der Waals surface area contributed by atoms with Crippen LogP contribution >= 0.6 is 11.6 Å². The topological polar surface area (TPSA) is 49.9 Å². The van der Waals surface area contributed by atoms with Gasteiger partial charge in [0.05, 0.1) is 0 Å². The summed E-state index contributed by atoms with van der Waals surface area (Å²) < 4.78 is 5.38. The van der Waals surface area contributed by atoms with Crippen molar-refractivity contribution >= 4 is 23.6 Å². The second kappa shape index (κ2) is 6.42. The van der Waals surface area contributed by atoms with Crippen LogP contribution in [0.5, 0.6) is 0 Å². The van der Waals surface area contributed by atoms with Crippen molar-refractivity contribution in [3.05, 3.63) is 0 Å². The normalized spacial score (nSPS) is 26.6. The van der Waals surface area contributed by atoms with Crippen LogP contribution in [0.1, 0.15) is 33.6 Å². The van der Waals surface area contributed by atoms with E-state index < -0.39 is 5.60 Å². The molecule has 2 aliphatic rings. The molecule has 2 rings (SSSR count). The number of likely N-dealkylation sites (tertiary alicyclic amines) is 2. The molecule has 2 atom stereocenters. The smallest absolute Gasteiger partial charge is 0.410 e. The maximum Gasteiger partial charge on any atom is 0.410 e. The number of rotatable bonds is 3. The molecule has 120 valence electrons. The zero-order valence-electron chi connectivity index (χ0n) is 13.1. The van der Waals surface area contributed by atoms with Crippen LogP contribution in [0.2, 0.25) is 0 Å². The molecule has 2 heterocycles. The minimum Gasteiger partial charge on any atom is -0.444 e. The van der Waals surface area contributed by atoms with Crippen molar-refractivity contribution in [2.45, 2.75) is 39.2 Å². The molecule has 2 fully saturated rings. The Morgan fingerprint density at radius 3 is 2.62 bits per heavy atom. The molecule has 0 aromatic heterocycles. The number of amides is 2. The first kappa shape index (κ1) is 16.4. The van der Waals surface area contributed by atoms with Crippen LogP contribution in [-0.2, 0) is 9.53 Å². The van der Waals surface area contributed by atoms with Crippen molar-refractivity contribution in [3.63, 3.8) is 0 Å². The van der Waals surface area contributed by atoms with Crippen LogP contribution in [0.25, 0.3) is 0 Å². The zero-order chi connectivity index (χ0) is 15.6. The zero-order valence-corrected chi connectivity index (χ0v) is 13.9. The third kappa shape index (κ3) is 4.50. The largest absolute Gasteiger partial charge is 0.444 e.